The summed E-state index contributed by atoms with van der Waals surface area (Å²) in [6.45, 7) is 2.03. The van der Waals surface area contributed by atoms with E-state index in [9.17, 15) is 4.79 Å². The maximum Gasteiger partial charge on any atom is 0.242 e. The van der Waals surface area contributed by atoms with Crippen LogP contribution in [0.25, 0.3) is 22.0 Å². The molecule has 142 valence electrons. The number of nitrogens with zero attached hydrogens (tertiary/aromatic N) is 5. The highest BCUT2D eigenvalue weighted by atomic mass is 35.5. The first-order valence-corrected chi connectivity index (χ1v) is 9.61. The fraction of sp³-hybridized carbons (Fsp3) is 0.211. The van der Waals surface area contributed by atoms with Crippen molar-refractivity contribution >= 4 is 40.0 Å². The van der Waals surface area contributed by atoms with Crippen LogP contribution in [0, 0.1) is 0 Å². The van der Waals surface area contributed by atoms with Gasteiger partial charge < -0.3 is 14.0 Å². The summed E-state index contributed by atoms with van der Waals surface area (Å²) in [5, 5.41) is 9.03. The van der Waals surface area contributed by atoms with Gasteiger partial charge in [0.1, 0.15) is 6.54 Å². The third kappa shape index (κ3) is 2.70. The van der Waals surface area contributed by atoms with Gasteiger partial charge in [0.25, 0.3) is 0 Å². The number of hydrogen-bond acceptors (Lipinski definition) is 3. The number of carbonyl (C=O) groups is 1. The average Bonchev–Trinajstić information content (AvgIpc) is 3.43. The molecule has 9 heteroatoms. The Bertz CT molecular complexity index is 1160. The van der Waals surface area contributed by atoms with Crippen LogP contribution >= 0.6 is 23.2 Å². The molecule has 1 aliphatic rings. The standard InChI is InChI=1S/C19H16Cl2N6O/c20-14-2-1-13-17(12-7-23-24-8-12)15-9-26(5-6-27(15)19(13)18(14)21)16(28)10-25-4-3-22-11-25/h1-4,7-8,11H,5-6,9-10H2,(H,23,24). The van der Waals surface area contributed by atoms with Crippen molar-refractivity contribution in [1.82, 2.24) is 29.2 Å². The van der Waals surface area contributed by atoms with Gasteiger partial charge in [0.05, 0.1) is 34.6 Å². The summed E-state index contributed by atoms with van der Waals surface area (Å²) in [5.41, 5.74) is 3.93. The highest BCUT2D eigenvalue weighted by molar-refractivity contribution is 6.45. The second-order valence-corrected chi connectivity index (χ2v) is 7.55. The van der Waals surface area contributed by atoms with E-state index < -0.39 is 0 Å². The largest absolute Gasteiger partial charge is 0.339 e. The van der Waals surface area contributed by atoms with Gasteiger partial charge in [-0.25, -0.2) is 4.98 Å². The molecule has 0 saturated carbocycles. The normalized spacial score (nSPS) is 13.9. The molecule has 3 aromatic heterocycles. The molecule has 0 atom stereocenters. The number of aromatic amines is 1. The van der Waals surface area contributed by atoms with Crippen LogP contribution in [0.5, 0.6) is 0 Å². The molecule has 0 unspecified atom stereocenters. The Kier molecular flexibility index (Phi) is 4.14. The minimum Gasteiger partial charge on any atom is -0.339 e. The first-order chi connectivity index (χ1) is 13.6. The van der Waals surface area contributed by atoms with Crippen LogP contribution < -0.4 is 0 Å². The van der Waals surface area contributed by atoms with E-state index in [0.717, 1.165) is 27.7 Å². The van der Waals surface area contributed by atoms with Crippen molar-refractivity contribution in [3.8, 4) is 11.1 Å². The minimum atomic E-state index is 0.0526. The zero-order valence-electron chi connectivity index (χ0n) is 14.8. The molecule has 0 fully saturated rings. The van der Waals surface area contributed by atoms with Crippen molar-refractivity contribution in [3.05, 3.63) is 59.0 Å². The Balaban J connectivity index is 1.61. The van der Waals surface area contributed by atoms with Gasteiger partial charge in [-0.05, 0) is 6.07 Å². The molecule has 1 amide bonds. The van der Waals surface area contributed by atoms with Gasteiger partial charge in [-0.3, -0.25) is 9.89 Å². The number of rotatable bonds is 3. The Morgan fingerprint density at radius 3 is 2.89 bits per heavy atom. The summed E-state index contributed by atoms with van der Waals surface area (Å²) in [6, 6.07) is 3.79. The third-order valence-electron chi connectivity index (χ3n) is 5.17. The number of nitrogens with one attached hydrogen (secondary N) is 1. The second-order valence-electron chi connectivity index (χ2n) is 6.77. The highest BCUT2D eigenvalue weighted by Gasteiger charge is 2.28. The highest BCUT2D eigenvalue weighted by Crippen LogP contribution is 2.42. The van der Waals surface area contributed by atoms with E-state index in [1.54, 1.807) is 29.5 Å². The molecule has 0 bridgehead atoms. The lowest BCUT2D eigenvalue weighted by molar-refractivity contribution is -0.133. The molecule has 4 aromatic rings. The fourth-order valence-corrected chi connectivity index (χ4v) is 4.30. The lowest BCUT2D eigenvalue weighted by atomic mass is 10.0. The van der Waals surface area contributed by atoms with Crippen molar-refractivity contribution < 1.29 is 4.79 Å². The van der Waals surface area contributed by atoms with Crippen LogP contribution in [0.2, 0.25) is 10.0 Å². The van der Waals surface area contributed by atoms with Crippen LogP contribution in [0.4, 0.5) is 0 Å². The van der Waals surface area contributed by atoms with Crippen LogP contribution in [0.15, 0.2) is 43.2 Å². The Morgan fingerprint density at radius 1 is 1.25 bits per heavy atom. The van der Waals surface area contributed by atoms with E-state index >= 15 is 0 Å². The van der Waals surface area contributed by atoms with Gasteiger partial charge in [-0.2, -0.15) is 5.10 Å². The predicted molar refractivity (Wildman–Crippen MR) is 107 cm³/mol. The maximum absolute atomic E-state index is 12.8. The molecule has 0 aliphatic carbocycles. The molecule has 1 aliphatic heterocycles. The topological polar surface area (TPSA) is 71.7 Å². The van der Waals surface area contributed by atoms with Gasteiger partial charge >= 0.3 is 0 Å². The molecule has 28 heavy (non-hydrogen) atoms. The van der Waals surface area contributed by atoms with Gasteiger partial charge in [-0.1, -0.05) is 29.3 Å². The van der Waals surface area contributed by atoms with Crippen LogP contribution in [-0.2, 0) is 24.4 Å². The van der Waals surface area contributed by atoms with E-state index in [0.29, 0.717) is 29.7 Å². The lowest BCUT2D eigenvalue weighted by Gasteiger charge is -2.30. The summed E-state index contributed by atoms with van der Waals surface area (Å²) < 4.78 is 3.95. The van der Waals surface area contributed by atoms with E-state index in [-0.39, 0.29) is 12.5 Å². The monoisotopic (exact) mass is 414 g/mol. The van der Waals surface area contributed by atoms with E-state index in [2.05, 4.69) is 19.7 Å². The van der Waals surface area contributed by atoms with Crippen molar-refractivity contribution in [2.75, 3.05) is 6.54 Å². The Morgan fingerprint density at radius 2 is 2.14 bits per heavy atom. The van der Waals surface area contributed by atoms with E-state index in [1.807, 2.05) is 23.2 Å². The fourth-order valence-electron chi connectivity index (χ4n) is 3.88. The van der Waals surface area contributed by atoms with Gasteiger partial charge in [0.2, 0.25) is 5.91 Å². The summed E-state index contributed by atoms with van der Waals surface area (Å²) in [4.78, 5) is 18.7. The molecule has 1 aromatic carbocycles. The van der Waals surface area contributed by atoms with Crippen LogP contribution in [0.1, 0.15) is 5.69 Å². The van der Waals surface area contributed by atoms with Crippen LogP contribution in [-0.4, -0.2) is 41.7 Å². The Labute approximate surface area is 170 Å². The summed E-state index contributed by atoms with van der Waals surface area (Å²) >= 11 is 12.9. The molecule has 0 saturated heterocycles. The predicted octanol–water partition coefficient (Wildman–Crippen LogP) is 3.58. The number of halogens is 2. The van der Waals surface area contributed by atoms with Gasteiger partial charge in [0, 0.05) is 53.9 Å². The number of H-pyrrole nitrogens is 1. The van der Waals surface area contributed by atoms with Crippen molar-refractivity contribution in [2.45, 2.75) is 19.6 Å². The Hall–Kier alpha value is -2.77. The molecule has 5 rings (SSSR count). The van der Waals surface area contributed by atoms with E-state index in [1.165, 1.54) is 0 Å². The lowest BCUT2D eigenvalue weighted by Crippen LogP contribution is -2.39. The summed E-state index contributed by atoms with van der Waals surface area (Å²) in [6.07, 6.45) is 8.74. The third-order valence-corrected chi connectivity index (χ3v) is 5.97. The number of carbonyl (C=O) groups excluding carboxylic acids is 1. The average molecular weight is 415 g/mol. The van der Waals surface area contributed by atoms with Crippen molar-refractivity contribution in [3.63, 3.8) is 0 Å². The van der Waals surface area contributed by atoms with Crippen molar-refractivity contribution in [1.29, 1.82) is 0 Å². The smallest absolute Gasteiger partial charge is 0.242 e. The maximum atomic E-state index is 12.8. The first kappa shape index (κ1) is 17.3. The molecular formula is C19H16Cl2N6O. The van der Waals surface area contributed by atoms with Crippen LogP contribution in [0.3, 0.4) is 0 Å². The van der Waals surface area contributed by atoms with Gasteiger partial charge in [0.15, 0.2) is 0 Å². The quantitative estimate of drug-likeness (QED) is 0.556. The summed E-state index contributed by atoms with van der Waals surface area (Å²) in [7, 11) is 0. The molecule has 7 nitrogen and oxygen atoms in total. The first-order valence-electron chi connectivity index (χ1n) is 8.85. The van der Waals surface area contributed by atoms with Crippen molar-refractivity contribution in [2.24, 2.45) is 0 Å². The second kappa shape index (κ2) is 6.68. The van der Waals surface area contributed by atoms with E-state index in [4.69, 9.17) is 23.2 Å². The minimum absolute atomic E-state index is 0.0526. The number of hydrogen-bond donors (Lipinski definition) is 1. The number of benzene rings is 1. The molecule has 1 N–H and O–H groups in total. The zero-order valence-corrected chi connectivity index (χ0v) is 16.3. The molecular weight excluding hydrogens is 399 g/mol. The molecule has 0 radical (unpaired) electrons. The molecule has 0 spiro atoms. The number of fused-ring (bicyclic) bond motifs is 3. The van der Waals surface area contributed by atoms with Gasteiger partial charge in [-0.15, -0.1) is 0 Å². The summed E-state index contributed by atoms with van der Waals surface area (Å²) in [5.74, 6) is 0.0526. The SMILES string of the molecule is O=C(Cn1ccnc1)N1CCn2c(c(-c3cn[nH]c3)c3ccc(Cl)c(Cl)c32)C1. The number of imidazole rings is 1. The number of amides is 1. The zero-order chi connectivity index (χ0) is 19.3. The molecule has 4 heterocycles. The number of aromatic nitrogens is 5.